The summed E-state index contributed by atoms with van der Waals surface area (Å²) in [7, 11) is 0. The second-order valence-corrected chi connectivity index (χ2v) is 5.18. The SMILES string of the molecule is OCc1c(Sc2nccs2)ccnc1Cl. The lowest BCUT2D eigenvalue weighted by atomic mass is 10.3. The van der Waals surface area contributed by atoms with Gasteiger partial charge in [-0.2, -0.15) is 0 Å². The normalized spacial score (nSPS) is 10.5. The van der Waals surface area contributed by atoms with Crippen molar-refractivity contribution in [3.05, 3.63) is 34.6 Å². The highest BCUT2D eigenvalue weighted by Crippen LogP contribution is 2.33. The lowest BCUT2D eigenvalue weighted by Crippen LogP contribution is -1.91. The van der Waals surface area contributed by atoms with Crippen LogP contribution in [0, 0.1) is 0 Å². The van der Waals surface area contributed by atoms with E-state index in [1.807, 2.05) is 11.4 Å². The molecule has 2 aromatic heterocycles. The summed E-state index contributed by atoms with van der Waals surface area (Å²) in [6.07, 6.45) is 3.37. The van der Waals surface area contributed by atoms with Crippen LogP contribution in [0.15, 0.2) is 33.1 Å². The molecule has 3 nitrogen and oxygen atoms in total. The zero-order valence-corrected chi connectivity index (χ0v) is 9.94. The van der Waals surface area contributed by atoms with Crippen molar-refractivity contribution in [2.45, 2.75) is 15.8 Å². The summed E-state index contributed by atoms with van der Waals surface area (Å²) >= 11 is 8.90. The fourth-order valence-electron chi connectivity index (χ4n) is 1.04. The van der Waals surface area contributed by atoms with Gasteiger partial charge in [-0.15, -0.1) is 11.3 Å². The van der Waals surface area contributed by atoms with Gasteiger partial charge in [0.05, 0.1) is 6.61 Å². The Balaban J connectivity index is 2.32. The average molecular weight is 259 g/mol. The average Bonchev–Trinajstić information content (AvgIpc) is 2.71. The molecular formula is C9H7ClN2OS2. The standard InChI is InChI=1S/C9H7ClN2OS2/c10-8-6(5-13)7(1-2-11-8)15-9-12-3-4-14-9/h1-4,13H,5H2. The zero-order chi connectivity index (χ0) is 10.7. The number of aliphatic hydroxyl groups is 1. The third-order valence-electron chi connectivity index (χ3n) is 1.73. The van der Waals surface area contributed by atoms with Gasteiger partial charge in [0, 0.05) is 28.2 Å². The van der Waals surface area contributed by atoms with Gasteiger partial charge in [0.15, 0.2) is 4.34 Å². The molecule has 6 heteroatoms. The molecule has 2 heterocycles. The van der Waals surface area contributed by atoms with Gasteiger partial charge in [-0.1, -0.05) is 23.4 Å². The molecule has 15 heavy (non-hydrogen) atoms. The van der Waals surface area contributed by atoms with Crippen LogP contribution in [-0.4, -0.2) is 15.1 Å². The molecule has 0 aliphatic carbocycles. The van der Waals surface area contributed by atoms with Crippen LogP contribution in [0.5, 0.6) is 0 Å². The number of hydrogen-bond acceptors (Lipinski definition) is 5. The number of nitrogens with zero attached hydrogens (tertiary/aromatic N) is 2. The van der Waals surface area contributed by atoms with Crippen molar-refractivity contribution in [2.75, 3.05) is 0 Å². The second-order valence-electron chi connectivity index (χ2n) is 2.64. The first-order valence-corrected chi connectivity index (χ1v) is 6.20. The van der Waals surface area contributed by atoms with Crippen LogP contribution in [-0.2, 0) is 6.61 Å². The number of halogens is 1. The Bertz CT molecular complexity index is 447. The Kier molecular flexibility index (Phi) is 3.58. The molecule has 0 spiro atoms. The van der Waals surface area contributed by atoms with E-state index in [9.17, 15) is 5.11 Å². The smallest absolute Gasteiger partial charge is 0.154 e. The first-order chi connectivity index (χ1) is 7.31. The number of pyridine rings is 1. The summed E-state index contributed by atoms with van der Waals surface area (Å²) in [4.78, 5) is 8.96. The Morgan fingerprint density at radius 3 is 2.93 bits per heavy atom. The topological polar surface area (TPSA) is 46.0 Å². The predicted molar refractivity (Wildman–Crippen MR) is 61.4 cm³/mol. The molecule has 0 aromatic carbocycles. The van der Waals surface area contributed by atoms with Crippen LogP contribution < -0.4 is 0 Å². The van der Waals surface area contributed by atoms with E-state index in [1.165, 1.54) is 11.8 Å². The maximum Gasteiger partial charge on any atom is 0.154 e. The molecule has 2 aromatic rings. The Morgan fingerprint density at radius 1 is 1.40 bits per heavy atom. The van der Waals surface area contributed by atoms with Gasteiger partial charge in [-0.25, -0.2) is 9.97 Å². The summed E-state index contributed by atoms with van der Waals surface area (Å²) in [5.74, 6) is 0. The molecule has 0 atom stereocenters. The first kappa shape index (κ1) is 10.9. The highest BCUT2D eigenvalue weighted by molar-refractivity contribution is 8.01. The van der Waals surface area contributed by atoms with Crippen molar-refractivity contribution >= 4 is 34.7 Å². The zero-order valence-electron chi connectivity index (χ0n) is 7.55. The Morgan fingerprint density at radius 2 is 2.27 bits per heavy atom. The van der Waals surface area contributed by atoms with E-state index in [2.05, 4.69) is 9.97 Å². The number of rotatable bonds is 3. The molecule has 0 amide bonds. The van der Waals surface area contributed by atoms with E-state index in [0.29, 0.717) is 10.7 Å². The highest BCUT2D eigenvalue weighted by Gasteiger charge is 2.09. The monoisotopic (exact) mass is 258 g/mol. The number of thiazole rings is 1. The van der Waals surface area contributed by atoms with Crippen molar-refractivity contribution in [3.8, 4) is 0 Å². The lowest BCUT2D eigenvalue weighted by molar-refractivity contribution is 0.278. The van der Waals surface area contributed by atoms with Crippen LogP contribution >= 0.6 is 34.7 Å². The largest absolute Gasteiger partial charge is 0.392 e. The predicted octanol–water partition coefficient (Wildman–Crippen LogP) is 2.84. The van der Waals surface area contributed by atoms with Crippen LogP contribution in [0.1, 0.15) is 5.56 Å². The molecule has 0 aliphatic rings. The minimum atomic E-state index is -0.111. The molecule has 0 aliphatic heterocycles. The Labute approximate surface area is 100 Å². The van der Waals surface area contributed by atoms with E-state index in [1.54, 1.807) is 23.7 Å². The number of hydrogen-bond donors (Lipinski definition) is 1. The van der Waals surface area contributed by atoms with Gasteiger partial charge in [-0.3, -0.25) is 0 Å². The summed E-state index contributed by atoms with van der Waals surface area (Å²) in [5, 5.41) is 11.4. The van der Waals surface area contributed by atoms with Gasteiger partial charge in [0.1, 0.15) is 5.15 Å². The third kappa shape index (κ3) is 2.49. The van der Waals surface area contributed by atoms with E-state index < -0.39 is 0 Å². The van der Waals surface area contributed by atoms with Crippen molar-refractivity contribution < 1.29 is 5.11 Å². The maximum atomic E-state index is 9.17. The van der Waals surface area contributed by atoms with Crippen molar-refractivity contribution in [3.63, 3.8) is 0 Å². The molecule has 0 saturated carbocycles. The molecule has 0 saturated heterocycles. The fourth-order valence-corrected chi connectivity index (χ4v) is 3.02. The minimum Gasteiger partial charge on any atom is -0.392 e. The fraction of sp³-hybridized carbons (Fsp3) is 0.111. The van der Waals surface area contributed by atoms with E-state index in [0.717, 1.165) is 9.24 Å². The molecule has 1 N–H and O–H groups in total. The first-order valence-electron chi connectivity index (χ1n) is 4.13. The van der Waals surface area contributed by atoms with E-state index in [4.69, 9.17) is 11.6 Å². The minimum absolute atomic E-state index is 0.111. The van der Waals surface area contributed by atoms with Crippen molar-refractivity contribution in [2.24, 2.45) is 0 Å². The van der Waals surface area contributed by atoms with Gasteiger partial charge >= 0.3 is 0 Å². The molecule has 0 fully saturated rings. The van der Waals surface area contributed by atoms with Gasteiger partial charge < -0.3 is 5.11 Å². The van der Waals surface area contributed by atoms with Crippen LogP contribution in [0.25, 0.3) is 0 Å². The van der Waals surface area contributed by atoms with Crippen molar-refractivity contribution in [1.82, 2.24) is 9.97 Å². The van der Waals surface area contributed by atoms with Crippen LogP contribution in [0.3, 0.4) is 0 Å². The van der Waals surface area contributed by atoms with Gasteiger partial charge in [-0.05, 0) is 6.07 Å². The third-order valence-corrected chi connectivity index (χ3v) is 4.04. The molecule has 0 bridgehead atoms. The van der Waals surface area contributed by atoms with Gasteiger partial charge in [0.2, 0.25) is 0 Å². The summed E-state index contributed by atoms with van der Waals surface area (Å²) < 4.78 is 0.923. The summed E-state index contributed by atoms with van der Waals surface area (Å²) in [5.41, 5.74) is 0.652. The van der Waals surface area contributed by atoms with Crippen molar-refractivity contribution in [1.29, 1.82) is 0 Å². The van der Waals surface area contributed by atoms with Gasteiger partial charge in [0.25, 0.3) is 0 Å². The highest BCUT2D eigenvalue weighted by atomic mass is 35.5. The molecule has 78 valence electrons. The molecule has 0 unspecified atom stereocenters. The quantitative estimate of drug-likeness (QED) is 0.860. The Hall–Kier alpha value is -0.620. The van der Waals surface area contributed by atoms with Crippen LogP contribution in [0.2, 0.25) is 5.15 Å². The van der Waals surface area contributed by atoms with Crippen LogP contribution in [0.4, 0.5) is 0 Å². The summed E-state index contributed by atoms with van der Waals surface area (Å²) in [6.45, 7) is -0.111. The molecule has 0 radical (unpaired) electrons. The van der Waals surface area contributed by atoms with E-state index >= 15 is 0 Å². The van der Waals surface area contributed by atoms with E-state index in [-0.39, 0.29) is 6.61 Å². The summed E-state index contributed by atoms with van der Waals surface area (Å²) in [6, 6.07) is 1.82. The second kappa shape index (κ2) is 4.94. The lowest BCUT2D eigenvalue weighted by Gasteiger charge is -2.05. The number of aliphatic hydroxyl groups excluding tert-OH is 1. The maximum absolute atomic E-state index is 9.17. The number of aromatic nitrogens is 2. The molecule has 2 rings (SSSR count). The molecular weight excluding hydrogens is 252 g/mol.